The molecule has 0 rings (SSSR count). The van der Waals surface area contributed by atoms with Gasteiger partial charge in [-0.25, -0.2) is 0 Å². The fraction of sp³-hybridized carbons (Fsp3) is 0.821. The maximum absolute atomic E-state index is 11.6. The molecule has 0 spiro atoms. The Morgan fingerprint density at radius 2 is 0.850 bits per heavy atom. The zero-order valence-corrected chi connectivity index (χ0v) is 26.8. The van der Waals surface area contributed by atoms with E-state index in [1.807, 2.05) is 62.3 Å². The third-order valence-corrected chi connectivity index (χ3v) is 4.37. The Morgan fingerprint density at radius 1 is 0.500 bits per heavy atom. The van der Waals surface area contributed by atoms with Crippen LogP contribution < -0.4 is 26.6 Å². The second kappa shape index (κ2) is 17.9. The Balaban J connectivity index is 0. The lowest BCUT2D eigenvalue weighted by molar-refractivity contribution is -0.131. The molecular formula is C28H55N5O7. The molecule has 0 saturated carbocycles. The van der Waals surface area contributed by atoms with E-state index in [0.29, 0.717) is 13.2 Å². The molecule has 0 aromatic heterocycles. The van der Waals surface area contributed by atoms with Crippen molar-refractivity contribution in [3.8, 4) is 0 Å². The van der Waals surface area contributed by atoms with Crippen molar-refractivity contribution in [3.63, 3.8) is 0 Å². The largest absolute Gasteiger partial charge is 0.370 e. The summed E-state index contributed by atoms with van der Waals surface area (Å²) >= 11 is 0. The molecule has 0 saturated heterocycles. The Bertz CT molecular complexity index is 817. The molecule has 0 aliphatic rings. The third-order valence-electron chi connectivity index (χ3n) is 4.37. The monoisotopic (exact) mass is 573 g/mol. The van der Waals surface area contributed by atoms with Crippen molar-refractivity contribution >= 4 is 29.5 Å². The van der Waals surface area contributed by atoms with Gasteiger partial charge >= 0.3 is 0 Å². The highest BCUT2D eigenvalue weighted by Gasteiger charge is 2.22. The van der Waals surface area contributed by atoms with Gasteiger partial charge in [0.05, 0.1) is 19.8 Å². The van der Waals surface area contributed by atoms with Crippen LogP contribution in [-0.4, -0.2) is 86.7 Å². The fourth-order valence-corrected chi connectivity index (χ4v) is 2.49. The molecule has 0 unspecified atom stereocenters. The van der Waals surface area contributed by atoms with Gasteiger partial charge in [0.25, 0.3) is 0 Å². The second-order valence-electron chi connectivity index (χ2n) is 13.5. The lowest BCUT2D eigenvalue weighted by Gasteiger charge is -2.20. The molecular weight excluding hydrogens is 518 g/mol. The number of hydrogen-bond donors (Lipinski definition) is 5. The molecule has 0 bridgehead atoms. The minimum absolute atomic E-state index is 0.0165. The van der Waals surface area contributed by atoms with Gasteiger partial charge in [-0.3, -0.25) is 24.0 Å². The Hall–Kier alpha value is -2.73. The van der Waals surface area contributed by atoms with Crippen LogP contribution in [-0.2, 0) is 33.4 Å². The lowest BCUT2D eigenvalue weighted by atomic mass is 9.96. The molecule has 12 nitrogen and oxygen atoms in total. The van der Waals surface area contributed by atoms with E-state index < -0.39 is 10.8 Å². The SMILES string of the molecule is CC(C)(C)NC(=O)COCCNC(=O)C(C)(C)C.CC(C)(C)NC(=O)COCCNC(=O)CNC(=O)C(C)(C)C. The summed E-state index contributed by atoms with van der Waals surface area (Å²) in [5.41, 5.74) is -1.46. The number of rotatable bonds is 12. The molecule has 0 heterocycles. The first-order valence-corrected chi connectivity index (χ1v) is 13.5. The van der Waals surface area contributed by atoms with Gasteiger partial charge in [-0.2, -0.15) is 0 Å². The van der Waals surface area contributed by atoms with E-state index in [0.717, 1.165) is 0 Å². The summed E-state index contributed by atoms with van der Waals surface area (Å²) in [6.45, 7) is 23.4. The van der Waals surface area contributed by atoms with Crippen LogP contribution in [0.4, 0.5) is 0 Å². The number of hydrogen-bond acceptors (Lipinski definition) is 7. The Labute approximate surface area is 240 Å². The topological polar surface area (TPSA) is 164 Å². The molecule has 12 heteroatoms. The van der Waals surface area contributed by atoms with E-state index in [4.69, 9.17) is 9.47 Å². The van der Waals surface area contributed by atoms with Gasteiger partial charge < -0.3 is 36.1 Å². The molecule has 0 aliphatic heterocycles. The molecule has 234 valence electrons. The molecule has 40 heavy (non-hydrogen) atoms. The minimum atomic E-state index is -0.524. The van der Waals surface area contributed by atoms with Crippen LogP contribution >= 0.6 is 0 Å². The summed E-state index contributed by atoms with van der Waals surface area (Å²) < 4.78 is 10.3. The first-order valence-electron chi connectivity index (χ1n) is 13.5. The first kappa shape index (κ1) is 39.4. The van der Waals surface area contributed by atoms with Crippen molar-refractivity contribution in [1.82, 2.24) is 26.6 Å². The van der Waals surface area contributed by atoms with Gasteiger partial charge in [0.1, 0.15) is 13.2 Å². The summed E-state index contributed by atoms with van der Waals surface area (Å²) in [6.07, 6.45) is 0. The molecule has 0 aromatic carbocycles. The van der Waals surface area contributed by atoms with Gasteiger partial charge in [0.15, 0.2) is 0 Å². The number of carbonyl (C=O) groups excluding carboxylic acids is 5. The number of carbonyl (C=O) groups is 5. The average Bonchev–Trinajstić information content (AvgIpc) is 2.73. The first-order chi connectivity index (χ1) is 17.9. The smallest absolute Gasteiger partial charge is 0.246 e. The summed E-state index contributed by atoms with van der Waals surface area (Å²) in [4.78, 5) is 57.4. The highest BCUT2D eigenvalue weighted by molar-refractivity contribution is 5.87. The normalized spacial score (nSPS) is 11.9. The predicted octanol–water partition coefficient (Wildman–Crippen LogP) is 1.28. The zero-order valence-electron chi connectivity index (χ0n) is 26.8. The molecule has 5 N–H and O–H groups in total. The van der Waals surface area contributed by atoms with Crippen LogP contribution in [0.1, 0.15) is 83.1 Å². The average molecular weight is 574 g/mol. The fourth-order valence-electron chi connectivity index (χ4n) is 2.49. The summed E-state index contributed by atoms with van der Waals surface area (Å²) in [5.74, 6) is -0.843. The second-order valence-corrected chi connectivity index (χ2v) is 13.5. The van der Waals surface area contributed by atoms with Crippen LogP contribution in [0, 0.1) is 10.8 Å². The molecule has 5 amide bonds. The van der Waals surface area contributed by atoms with Gasteiger partial charge in [-0.15, -0.1) is 0 Å². The van der Waals surface area contributed by atoms with Gasteiger partial charge in [-0.05, 0) is 41.5 Å². The van der Waals surface area contributed by atoms with Gasteiger partial charge in [0, 0.05) is 35.0 Å². The van der Waals surface area contributed by atoms with E-state index >= 15 is 0 Å². The maximum Gasteiger partial charge on any atom is 0.246 e. The minimum Gasteiger partial charge on any atom is -0.370 e. The lowest BCUT2D eigenvalue weighted by Crippen LogP contribution is -2.43. The van der Waals surface area contributed by atoms with Gasteiger partial charge in [-0.1, -0.05) is 41.5 Å². The van der Waals surface area contributed by atoms with Crippen LogP contribution in [0.5, 0.6) is 0 Å². The van der Waals surface area contributed by atoms with Crippen molar-refractivity contribution in [2.75, 3.05) is 46.1 Å². The number of nitrogens with one attached hydrogen (secondary N) is 5. The molecule has 0 radical (unpaired) electrons. The van der Waals surface area contributed by atoms with Crippen molar-refractivity contribution in [2.45, 2.75) is 94.2 Å². The Kier molecular flexibility index (Phi) is 17.6. The van der Waals surface area contributed by atoms with Gasteiger partial charge in [0.2, 0.25) is 29.5 Å². The zero-order chi connectivity index (χ0) is 31.8. The highest BCUT2D eigenvalue weighted by Crippen LogP contribution is 2.12. The summed E-state index contributed by atoms with van der Waals surface area (Å²) in [5, 5.41) is 13.5. The van der Waals surface area contributed by atoms with E-state index in [1.165, 1.54) is 0 Å². The van der Waals surface area contributed by atoms with E-state index in [9.17, 15) is 24.0 Å². The quantitative estimate of drug-likeness (QED) is 0.220. The maximum atomic E-state index is 11.6. The number of ether oxygens (including phenoxy) is 2. The van der Waals surface area contributed by atoms with Crippen molar-refractivity contribution in [3.05, 3.63) is 0 Å². The summed E-state index contributed by atoms with van der Waals surface area (Å²) in [6, 6.07) is 0. The number of amides is 5. The molecule has 0 fully saturated rings. The molecule has 0 aliphatic carbocycles. The Morgan fingerprint density at radius 3 is 1.20 bits per heavy atom. The van der Waals surface area contributed by atoms with Crippen molar-refractivity contribution < 1.29 is 33.4 Å². The van der Waals surface area contributed by atoms with Crippen LogP contribution in [0.3, 0.4) is 0 Å². The van der Waals surface area contributed by atoms with Crippen molar-refractivity contribution in [2.24, 2.45) is 10.8 Å². The van der Waals surface area contributed by atoms with E-state index in [-0.39, 0.29) is 73.5 Å². The van der Waals surface area contributed by atoms with Crippen LogP contribution in [0.25, 0.3) is 0 Å². The van der Waals surface area contributed by atoms with Crippen molar-refractivity contribution in [1.29, 1.82) is 0 Å². The van der Waals surface area contributed by atoms with Crippen LogP contribution in [0.2, 0.25) is 0 Å². The van der Waals surface area contributed by atoms with Crippen LogP contribution in [0.15, 0.2) is 0 Å². The third kappa shape index (κ3) is 25.5. The standard InChI is InChI=1S/C15H29N3O4.C13H26N2O3/c1-14(2,3)13(21)17-9-11(19)16-7-8-22-10-12(20)18-15(4,5)6;1-12(2,3)11(17)14-7-8-18-9-10(16)15-13(4,5)6/h7-10H2,1-6H3,(H,16,19)(H,17,21)(H,18,20);7-9H2,1-6H3,(H,14,17)(H,15,16). The molecule has 0 atom stereocenters. The molecule has 0 aromatic rings. The van der Waals surface area contributed by atoms with E-state index in [2.05, 4.69) is 26.6 Å². The van der Waals surface area contributed by atoms with E-state index in [1.54, 1.807) is 20.8 Å². The summed E-state index contributed by atoms with van der Waals surface area (Å²) in [7, 11) is 0. The predicted molar refractivity (Wildman–Crippen MR) is 155 cm³/mol. The highest BCUT2D eigenvalue weighted by atomic mass is 16.5.